The first kappa shape index (κ1) is 22.3. The fraction of sp³-hybridized carbons (Fsp3) is 0.250. The van der Waals surface area contributed by atoms with Gasteiger partial charge in [0, 0.05) is 55.2 Å². The third kappa shape index (κ3) is 4.83. The molecule has 0 bridgehead atoms. The van der Waals surface area contributed by atoms with Crippen LogP contribution in [0.1, 0.15) is 28.4 Å². The number of hydrogen-bond acceptors (Lipinski definition) is 6. The maximum absolute atomic E-state index is 14.1. The van der Waals surface area contributed by atoms with Crippen molar-refractivity contribution >= 4 is 16.8 Å². The standard InChI is InChI=1S/C24H25FN6O2/c1-4-33-21-7-15(13-31(3)14-18-11-27-10-17-12-29-30-22(17)18)9-28-23(21)16-5-6-20(25)19(8-16)24(32)26-2/h5-12H,4,13-14H2,1-3H3,(H,26,32)(H,29,30). The zero-order valence-corrected chi connectivity index (χ0v) is 18.7. The first-order valence-corrected chi connectivity index (χ1v) is 10.6. The first-order chi connectivity index (χ1) is 16.0. The summed E-state index contributed by atoms with van der Waals surface area (Å²) >= 11 is 0. The zero-order valence-electron chi connectivity index (χ0n) is 18.7. The molecule has 0 spiro atoms. The maximum Gasteiger partial charge on any atom is 0.254 e. The number of H-pyrrole nitrogens is 1. The van der Waals surface area contributed by atoms with E-state index in [4.69, 9.17) is 4.74 Å². The van der Waals surface area contributed by atoms with Crippen molar-refractivity contribution in [2.24, 2.45) is 0 Å². The molecule has 170 valence electrons. The van der Waals surface area contributed by atoms with Crippen LogP contribution in [0.3, 0.4) is 0 Å². The first-order valence-electron chi connectivity index (χ1n) is 10.6. The minimum Gasteiger partial charge on any atom is -0.492 e. The lowest BCUT2D eigenvalue weighted by molar-refractivity contribution is 0.0959. The van der Waals surface area contributed by atoms with E-state index in [1.807, 2.05) is 26.2 Å². The highest BCUT2D eigenvalue weighted by atomic mass is 19.1. The lowest BCUT2D eigenvalue weighted by Crippen LogP contribution is -2.19. The molecule has 9 heteroatoms. The average molecular weight is 449 g/mol. The summed E-state index contributed by atoms with van der Waals surface area (Å²) in [6, 6.07) is 6.28. The minimum atomic E-state index is -0.587. The van der Waals surface area contributed by atoms with Gasteiger partial charge in [0.05, 0.1) is 23.9 Å². The molecule has 2 N–H and O–H groups in total. The van der Waals surface area contributed by atoms with Gasteiger partial charge in [0.2, 0.25) is 0 Å². The van der Waals surface area contributed by atoms with E-state index in [0.717, 1.165) is 22.0 Å². The van der Waals surface area contributed by atoms with E-state index >= 15 is 0 Å². The summed E-state index contributed by atoms with van der Waals surface area (Å²) in [4.78, 5) is 23.0. The monoisotopic (exact) mass is 448 g/mol. The van der Waals surface area contributed by atoms with Crippen molar-refractivity contribution in [1.82, 2.24) is 30.4 Å². The van der Waals surface area contributed by atoms with Crippen LogP contribution in [0.5, 0.6) is 5.75 Å². The summed E-state index contributed by atoms with van der Waals surface area (Å²) in [5.41, 5.74) is 4.11. The molecule has 0 aliphatic heterocycles. The molecular formula is C24H25FN6O2. The molecule has 33 heavy (non-hydrogen) atoms. The Kier molecular flexibility index (Phi) is 6.60. The highest BCUT2D eigenvalue weighted by Crippen LogP contribution is 2.30. The molecular weight excluding hydrogens is 423 g/mol. The van der Waals surface area contributed by atoms with E-state index in [-0.39, 0.29) is 5.56 Å². The second-order valence-corrected chi connectivity index (χ2v) is 7.70. The second kappa shape index (κ2) is 9.74. The minimum absolute atomic E-state index is 0.0374. The number of benzene rings is 1. The van der Waals surface area contributed by atoms with Crippen LogP contribution < -0.4 is 10.1 Å². The molecule has 1 amide bonds. The fourth-order valence-corrected chi connectivity index (χ4v) is 3.74. The topological polar surface area (TPSA) is 96.0 Å². The molecule has 8 nitrogen and oxygen atoms in total. The largest absolute Gasteiger partial charge is 0.492 e. The van der Waals surface area contributed by atoms with Gasteiger partial charge in [-0.25, -0.2) is 4.39 Å². The Balaban J connectivity index is 1.58. The molecule has 1 aromatic carbocycles. The number of amides is 1. The van der Waals surface area contributed by atoms with Crippen molar-refractivity contribution in [3.63, 3.8) is 0 Å². The Morgan fingerprint density at radius 1 is 1.18 bits per heavy atom. The lowest BCUT2D eigenvalue weighted by Gasteiger charge is -2.18. The number of aromatic nitrogens is 4. The van der Waals surface area contributed by atoms with Crippen molar-refractivity contribution < 1.29 is 13.9 Å². The summed E-state index contributed by atoms with van der Waals surface area (Å²) in [6.45, 7) is 3.64. The van der Waals surface area contributed by atoms with E-state index in [0.29, 0.717) is 36.7 Å². The average Bonchev–Trinajstić information content (AvgIpc) is 3.29. The quantitative estimate of drug-likeness (QED) is 0.428. The summed E-state index contributed by atoms with van der Waals surface area (Å²) in [6.07, 6.45) is 7.15. The number of ether oxygens (including phenoxy) is 1. The predicted molar refractivity (Wildman–Crippen MR) is 123 cm³/mol. The van der Waals surface area contributed by atoms with Crippen molar-refractivity contribution in [2.75, 3.05) is 20.7 Å². The van der Waals surface area contributed by atoms with Gasteiger partial charge in [-0.1, -0.05) is 0 Å². The smallest absolute Gasteiger partial charge is 0.254 e. The number of nitrogens with zero attached hydrogens (tertiary/aromatic N) is 4. The van der Waals surface area contributed by atoms with E-state index in [1.54, 1.807) is 24.7 Å². The molecule has 0 saturated heterocycles. The molecule has 0 aliphatic rings. The molecule has 3 aromatic heterocycles. The Labute approximate surface area is 190 Å². The Morgan fingerprint density at radius 3 is 2.82 bits per heavy atom. The number of nitrogens with one attached hydrogen (secondary N) is 2. The van der Waals surface area contributed by atoms with Crippen LogP contribution >= 0.6 is 0 Å². The van der Waals surface area contributed by atoms with Gasteiger partial charge in [-0.05, 0) is 43.8 Å². The van der Waals surface area contributed by atoms with E-state index in [2.05, 4.69) is 30.4 Å². The predicted octanol–water partition coefficient (Wildman–Crippen LogP) is 3.55. The van der Waals surface area contributed by atoms with Gasteiger partial charge < -0.3 is 10.1 Å². The van der Waals surface area contributed by atoms with Gasteiger partial charge in [-0.2, -0.15) is 5.10 Å². The van der Waals surface area contributed by atoms with E-state index in [1.165, 1.54) is 19.2 Å². The number of hydrogen-bond donors (Lipinski definition) is 2. The van der Waals surface area contributed by atoms with Gasteiger partial charge >= 0.3 is 0 Å². The maximum atomic E-state index is 14.1. The second-order valence-electron chi connectivity index (χ2n) is 7.70. The lowest BCUT2D eigenvalue weighted by atomic mass is 10.0. The number of carbonyl (C=O) groups excluding carboxylic acids is 1. The number of halogens is 1. The highest BCUT2D eigenvalue weighted by Gasteiger charge is 2.16. The van der Waals surface area contributed by atoms with Crippen LogP contribution in [-0.4, -0.2) is 51.7 Å². The van der Waals surface area contributed by atoms with Gasteiger partial charge in [0.1, 0.15) is 17.3 Å². The van der Waals surface area contributed by atoms with Crippen LogP contribution in [0.25, 0.3) is 22.2 Å². The Morgan fingerprint density at radius 2 is 2.03 bits per heavy atom. The third-order valence-corrected chi connectivity index (χ3v) is 5.25. The molecule has 0 atom stereocenters. The van der Waals surface area contributed by atoms with Crippen LogP contribution in [0.15, 0.2) is 49.1 Å². The normalized spacial score (nSPS) is 11.2. The Bertz CT molecular complexity index is 1290. The fourth-order valence-electron chi connectivity index (χ4n) is 3.74. The SMILES string of the molecule is CCOc1cc(CN(C)Cc2cncc3cn[nH]c23)cnc1-c1ccc(F)c(C(=O)NC)c1. The van der Waals surface area contributed by atoms with Crippen LogP contribution in [0.2, 0.25) is 0 Å². The molecule has 0 fully saturated rings. The molecule has 4 rings (SSSR count). The number of carbonyl (C=O) groups is 1. The molecule has 0 saturated carbocycles. The molecule has 0 aliphatic carbocycles. The highest BCUT2D eigenvalue weighted by molar-refractivity contribution is 5.95. The summed E-state index contributed by atoms with van der Waals surface area (Å²) in [5.74, 6) is -0.501. The summed E-state index contributed by atoms with van der Waals surface area (Å²) < 4.78 is 19.9. The third-order valence-electron chi connectivity index (χ3n) is 5.25. The van der Waals surface area contributed by atoms with E-state index < -0.39 is 11.7 Å². The van der Waals surface area contributed by atoms with Gasteiger partial charge in [-0.15, -0.1) is 0 Å². The Hall–Kier alpha value is -3.85. The van der Waals surface area contributed by atoms with Crippen molar-refractivity contribution in [1.29, 1.82) is 0 Å². The van der Waals surface area contributed by atoms with Crippen LogP contribution in [0, 0.1) is 5.82 Å². The van der Waals surface area contributed by atoms with Gasteiger partial charge in [-0.3, -0.25) is 24.8 Å². The van der Waals surface area contributed by atoms with Crippen molar-refractivity contribution in [3.05, 3.63) is 71.6 Å². The number of fused-ring (bicyclic) bond motifs is 1. The van der Waals surface area contributed by atoms with Gasteiger partial charge in [0.15, 0.2) is 0 Å². The number of pyridine rings is 2. The summed E-state index contributed by atoms with van der Waals surface area (Å²) in [7, 11) is 3.48. The van der Waals surface area contributed by atoms with Crippen LogP contribution in [0.4, 0.5) is 4.39 Å². The summed E-state index contributed by atoms with van der Waals surface area (Å²) in [5, 5.41) is 10.5. The van der Waals surface area contributed by atoms with Crippen molar-refractivity contribution in [3.8, 4) is 17.0 Å². The van der Waals surface area contributed by atoms with Crippen LogP contribution in [-0.2, 0) is 13.1 Å². The van der Waals surface area contributed by atoms with Gasteiger partial charge in [0.25, 0.3) is 5.91 Å². The zero-order chi connectivity index (χ0) is 23.4. The van der Waals surface area contributed by atoms with Crippen molar-refractivity contribution in [2.45, 2.75) is 20.0 Å². The molecule has 0 unspecified atom stereocenters. The molecule has 4 aromatic rings. The van der Waals surface area contributed by atoms with E-state index in [9.17, 15) is 9.18 Å². The molecule has 0 radical (unpaired) electrons. The molecule has 3 heterocycles. The number of aromatic amines is 1. The number of rotatable bonds is 8.